The fraction of sp³-hybridized carbons (Fsp3) is 0. The van der Waals surface area contributed by atoms with Crippen molar-refractivity contribution in [3.8, 4) is 22.4 Å². The first kappa shape index (κ1) is 18.3. The number of aromatic nitrogens is 3. The van der Waals surface area contributed by atoms with Gasteiger partial charge < -0.3 is 5.32 Å². The summed E-state index contributed by atoms with van der Waals surface area (Å²) in [5.74, 6) is 0.445. The molecule has 0 unspecified atom stereocenters. The minimum Gasteiger partial charge on any atom is -0.340 e. The number of anilines is 2. The van der Waals surface area contributed by atoms with Crippen molar-refractivity contribution in [2.45, 2.75) is 0 Å². The van der Waals surface area contributed by atoms with Crippen molar-refractivity contribution in [1.29, 1.82) is 0 Å². The van der Waals surface area contributed by atoms with Gasteiger partial charge in [0.2, 0.25) is 0 Å². The zero-order valence-corrected chi connectivity index (χ0v) is 16.5. The lowest BCUT2D eigenvalue weighted by Gasteiger charge is -2.11. The second kappa shape index (κ2) is 7.61. The van der Waals surface area contributed by atoms with Gasteiger partial charge in [-0.3, -0.25) is 0 Å². The van der Waals surface area contributed by atoms with E-state index in [1.54, 1.807) is 22.8 Å². The van der Waals surface area contributed by atoms with Crippen LogP contribution in [0.3, 0.4) is 0 Å². The molecule has 0 aliphatic heterocycles. The highest BCUT2D eigenvalue weighted by molar-refractivity contribution is 6.30. The van der Waals surface area contributed by atoms with Crippen molar-refractivity contribution < 1.29 is 4.39 Å². The van der Waals surface area contributed by atoms with Gasteiger partial charge >= 0.3 is 0 Å². The molecular formula is C24H16ClFN4. The third-order valence-electron chi connectivity index (χ3n) is 4.81. The van der Waals surface area contributed by atoms with Crippen LogP contribution < -0.4 is 5.32 Å². The van der Waals surface area contributed by atoms with Gasteiger partial charge in [-0.1, -0.05) is 54.1 Å². The Kier molecular flexibility index (Phi) is 4.65. The molecule has 5 aromatic rings. The Bertz CT molecular complexity index is 1310. The standard InChI is InChI=1S/C24H16ClFN4/c25-18-8-6-16(7-9-18)21-15-27-30-23(28-20-12-10-19(26)11-13-20)14-22(29-24(21)30)17-4-2-1-3-5-17/h1-15,28H. The van der Waals surface area contributed by atoms with Crippen molar-refractivity contribution >= 4 is 28.8 Å². The summed E-state index contributed by atoms with van der Waals surface area (Å²) in [4.78, 5) is 4.89. The number of nitrogens with zero attached hydrogens (tertiary/aromatic N) is 3. The molecular weight excluding hydrogens is 399 g/mol. The molecule has 30 heavy (non-hydrogen) atoms. The van der Waals surface area contributed by atoms with Crippen molar-refractivity contribution in [1.82, 2.24) is 14.6 Å². The van der Waals surface area contributed by atoms with Gasteiger partial charge in [0, 0.05) is 27.9 Å². The highest BCUT2D eigenvalue weighted by Crippen LogP contribution is 2.30. The van der Waals surface area contributed by atoms with Crippen LogP contribution >= 0.6 is 11.6 Å². The summed E-state index contributed by atoms with van der Waals surface area (Å²) in [7, 11) is 0. The molecule has 0 fully saturated rings. The first-order valence-corrected chi connectivity index (χ1v) is 9.78. The van der Waals surface area contributed by atoms with Crippen LogP contribution in [0.2, 0.25) is 5.02 Å². The summed E-state index contributed by atoms with van der Waals surface area (Å²) in [6.07, 6.45) is 1.79. The molecule has 2 aromatic heterocycles. The van der Waals surface area contributed by atoms with E-state index in [9.17, 15) is 4.39 Å². The zero-order chi connectivity index (χ0) is 20.5. The fourth-order valence-corrected chi connectivity index (χ4v) is 3.45. The Morgan fingerprint density at radius 3 is 2.30 bits per heavy atom. The first-order chi connectivity index (χ1) is 14.7. The van der Waals surface area contributed by atoms with Gasteiger partial charge in [0.15, 0.2) is 5.65 Å². The van der Waals surface area contributed by atoms with Crippen molar-refractivity contribution in [2.24, 2.45) is 0 Å². The molecule has 3 aromatic carbocycles. The molecule has 5 rings (SSSR count). The third kappa shape index (κ3) is 3.51. The minimum absolute atomic E-state index is 0.283. The molecule has 146 valence electrons. The second-order valence-corrected chi connectivity index (χ2v) is 7.26. The van der Waals surface area contributed by atoms with Crippen LogP contribution in [0.5, 0.6) is 0 Å². The van der Waals surface area contributed by atoms with Crippen LogP contribution in [0.25, 0.3) is 28.0 Å². The second-order valence-electron chi connectivity index (χ2n) is 6.83. The summed E-state index contributed by atoms with van der Waals surface area (Å²) >= 11 is 6.05. The number of hydrogen-bond donors (Lipinski definition) is 1. The van der Waals surface area contributed by atoms with E-state index < -0.39 is 0 Å². The SMILES string of the molecule is Fc1ccc(Nc2cc(-c3ccccc3)nc3c(-c4ccc(Cl)cc4)cnn23)cc1. The normalized spacial score (nSPS) is 11.0. The Morgan fingerprint density at radius 1 is 0.833 bits per heavy atom. The van der Waals surface area contributed by atoms with E-state index in [2.05, 4.69) is 10.4 Å². The van der Waals surface area contributed by atoms with E-state index in [0.717, 1.165) is 33.9 Å². The average Bonchev–Trinajstić information content (AvgIpc) is 3.21. The number of benzene rings is 3. The average molecular weight is 415 g/mol. The first-order valence-electron chi connectivity index (χ1n) is 9.40. The quantitative estimate of drug-likeness (QED) is 0.360. The molecule has 0 saturated carbocycles. The molecule has 0 bridgehead atoms. The molecule has 0 aliphatic rings. The number of rotatable bonds is 4. The summed E-state index contributed by atoms with van der Waals surface area (Å²) in [5.41, 5.74) is 5.13. The molecule has 2 heterocycles. The van der Waals surface area contributed by atoms with E-state index in [1.807, 2.05) is 60.7 Å². The Morgan fingerprint density at radius 2 is 1.57 bits per heavy atom. The number of hydrogen-bond acceptors (Lipinski definition) is 3. The van der Waals surface area contributed by atoms with Gasteiger partial charge in [-0.15, -0.1) is 0 Å². The lowest BCUT2D eigenvalue weighted by atomic mass is 10.1. The summed E-state index contributed by atoms with van der Waals surface area (Å²) in [5, 5.41) is 8.55. The Labute approximate surface area is 177 Å². The topological polar surface area (TPSA) is 42.2 Å². The molecule has 0 saturated heterocycles. The van der Waals surface area contributed by atoms with Gasteiger partial charge in [-0.2, -0.15) is 9.61 Å². The largest absolute Gasteiger partial charge is 0.340 e. The fourth-order valence-electron chi connectivity index (χ4n) is 3.32. The molecule has 0 atom stereocenters. The van der Waals surface area contributed by atoms with Gasteiger partial charge in [-0.05, 0) is 42.0 Å². The molecule has 0 aliphatic carbocycles. The van der Waals surface area contributed by atoms with E-state index in [0.29, 0.717) is 10.7 Å². The van der Waals surface area contributed by atoms with Gasteiger partial charge in [-0.25, -0.2) is 9.37 Å². The van der Waals surface area contributed by atoms with Crippen molar-refractivity contribution in [3.63, 3.8) is 0 Å². The van der Waals surface area contributed by atoms with E-state index in [1.165, 1.54) is 12.1 Å². The highest BCUT2D eigenvalue weighted by atomic mass is 35.5. The molecule has 0 radical (unpaired) electrons. The number of nitrogens with one attached hydrogen (secondary N) is 1. The minimum atomic E-state index is -0.283. The predicted molar refractivity (Wildman–Crippen MR) is 119 cm³/mol. The Balaban J connectivity index is 1.69. The summed E-state index contributed by atoms with van der Waals surface area (Å²) in [6.45, 7) is 0. The summed E-state index contributed by atoms with van der Waals surface area (Å²) < 4.78 is 15.1. The van der Waals surface area contributed by atoms with E-state index in [4.69, 9.17) is 16.6 Å². The monoisotopic (exact) mass is 414 g/mol. The highest BCUT2D eigenvalue weighted by Gasteiger charge is 2.14. The molecule has 1 N–H and O–H groups in total. The number of halogens is 2. The van der Waals surface area contributed by atoms with Crippen LogP contribution in [0.4, 0.5) is 15.9 Å². The molecule has 6 heteroatoms. The maximum atomic E-state index is 13.3. The number of fused-ring (bicyclic) bond motifs is 1. The van der Waals surface area contributed by atoms with Crippen molar-refractivity contribution in [3.05, 3.63) is 102 Å². The maximum absolute atomic E-state index is 13.3. The van der Waals surface area contributed by atoms with E-state index in [-0.39, 0.29) is 5.82 Å². The van der Waals surface area contributed by atoms with Crippen LogP contribution in [0, 0.1) is 5.82 Å². The van der Waals surface area contributed by atoms with Crippen LogP contribution in [0.1, 0.15) is 0 Å². The van der Waals surface area contributed by atoms with E-state index >= 15 is 0 Å². The van der Waals surface area contributed by atoms with Gasteiger partial charge in [0.1, 0.15) is 11.6 Å². The maximum Gasteiger partial charge on any atom is 0.165 e. The van der Waals surface area contributed by atoms with Crippen LogP contribution in [-0.4, -0.2) is 14.6 Å². The molecule has 0 spiro atoms. The van der Waals surface area contributed by atoms with Crippen LogP contribution in [-0.2, 0) is 0 Å². The molecule has 0 amide bonds. The predicted octanol–water partition coefficient (Wildman–Crippen LogP) is 6.60. The summed E-state index contributed by atoms with van der Waals surface area (Å²) in [6, 6.07) is 25.7. The third-order valence-corrected chi connectivity index (χ3v) is 5.07. The van der Waals surface area contributed by atoms with Crippen molar-refractivity contribution in [2.75, 3.05) is 5.32 Å². The molecule has 4 nitrogen and oxygen atoms in total. The lowest BCUT2D eigenvalue weighted by Crippen LogP contribution is -2.02. The zero-order valence-electron chi connectivity index (χ0n) is 15.8. The Hall–Kier alpha value is -3.70. The smallest absolute Gasteiger partial charge is 0.165 e. The van der Waals surface area contributed by atoms with Gasteiger partial charge in [0.25, 0.3) is 0 Å². The van der Waals surface area contributed by atoms with Gasteiger partial charge in [0.05, 0.1) is 11.9 Å². The lowest BCUT2D eigenvalue weighted by molar-refractivity contribution is 0.628. The van der Waals surface area contributed by atoms with Crippen LogP contribution in [0.15, 0.2) is 91.1 Å².